The Bertz CT molecular complexity index is 519. The highest BCUT2D eigenvalue weighted by atomic mass is 79.9. The van der Waals surface area contributed by atoms with Gasteiger partial charge in [-0.2, -0.15) is 0 Å². The summed E-state index contributed by atoms with van der Waals surface area (Å²) in [5.41, 5.74) is 8.64. The largest absolute Gasteiger partial charge is 0.323 e. The van der Waals surface area contributed by atoms with Crippen molar-refractivity contribution in [2.45, 2.75) is 26.3 Å². The zero-order valence-electron chi connectivity index (χ0n) is 10.0. The lowest BCUT2D eigenvalue weighted by Crippen LogP contribution is -2.05. The molecule has 0 aliphatic carbocycles. The maximum Gasteiger partial charge on any atom is 0.0387 e. The van der Waals surface area contributed by atoms with Gasteiger partial charge in [0, 0.05) is 20.3 Å². The van der Waals surface area contributed by atoms with Crippen molar-refractivity contribution >= 4 is 27.3 Å². The minimum absolute atomic E-state index is 0.171. The van der Waals surface area contributed by atoms with E-state index < -0.39 is 0 Å². The number of nitrogens with two attached hydrogens (primary N) is 1. The lowest BCUT2D eigenvalue weighted by Gasteiger charge is -2.05. The van der Waals surface area contributed by atoms with Gasteiger partial charge in [0.2, 0.25) is 0 Å². The number of benzene rings is 1. The van der Waals surface area contributed by atoms with E-state index >= 15 is 0 Å². The molecule has 1 atom stereocenters. The summed E-state index contributed by atoms with van der Waals surface area (Å²) in [5, 5.41) is 0. The second-order valence-corrected chi connectivity index (χ2v) is 6.21. The van der Waals surface area contributed by atoms with E-state index in [1.807, 2.05) is 0 Å². The van der Waals surface area contributed by atoms with Crippen LogP contribution in [0.2, 0.25) is 0 Å². The van der Waals surface area contributed by atoms with Gasteiger partial charge in [-0.05, 0) is 48.7 Å². The van der Waals surface area contributed by atoms with Crippen LogP contribution in [0.3, 0.4) is 0 Å². The maximum absolute atomic E-state index is 6.05. The zero-order chi connectivity index (χ0) is 12.4. The van der Waals surface area contributed by atoms with Crippen LogP contribution in [0.25, 0.3) is 10.4 Å². The van der Waals surface area contributed by atoms with E-state index in [1.54, 1.807) is 11.3 Å². The van der Waals surface area contributed by atoms with Crippen LogP contribution in [0, 0.1) is 6.92 Å². The summed E-state index contributed by atoms with van der Waals surface area (Å²) in [6.07, 6.45) is 0.985. The van der Waals surface area contributed by atoms with Gasteiger partial charge in [0.25, 0.3) is 0 Å². The van der Waals surface area contributed by atoms with Crippen molar-refractivity contribution in [3.05, 3.63) is 45.2 Å². The van der Waals surface area contributed by atoms with Crippen molar-refractivity contribution in [1.82, 2.24) is 0 Å². The molecule has 0 bridgehead atoms. The Morgan fingerprint density at radius 2 is 2.06 bits per heavy atom. The lowest BCUT2D eigenvalue weighted by atomic mass is 10.1. The van der Waals surface area contributed by atoms with Crippen LogP contribution < -0.4 is 5.73 Å². The number of halogens is 1. The predicted molar refractivity (Wildman–Crippen MR) is 79.4 cm³/mol. The van der Waals surface area contributed by atoms with Crippen molar-refractivity contribution in [3.63, 3.8) is 0 Å². The molecule has 2 N–H and O–H groups in total. The first kappa shape index (κ1) is 12.8. The van der Waals surface area contributed by atoms with Crippen LogP contribution in [0.15, 0.2) is 34.8 Å². The molecular formula is C14H16BrNS. The van der Waals surface area contributed by atoms with Crippen LogP contribution in [0.4, 0.5) is 0 Å². The van der Waals surface area contributed by atoms with Gasteiger partial charge in [0.05, 0.1) is 0 Å². The molecule has 0 saturated heterocycles. The fourth-order valence-electron chi connectivity index (χ4n) is 1.80. The van der Waals surface area contributed by atoms with Gasteiger partial charge in [-0.1, -0.05) is 28.9 Å². The van der Waals surface area contributed by atoms with Crippen molar-refractivity contribution in [3.8, 4) is 10.4 Å². The number of thiophene rings is 1. The molecule has 2 aromatic rings. The first-order valence-corrected chi connectivity index (χ1v) is 7.34. The molecule has 3 heteroatoms. The Labute approximate surface area is 115 Å². The molecule has 1 aromatic heterocycles. The first-order valence-electron chi connectivity index (χ1n) is 5.73. The number of rotatable bonds is 3. The summed E-state index contributed by atoms with van der Waals surface area (Å²) < 4.78 is 1.13. The molecule has 0 aliphatic rings. The monoisotopic (exact) mass is 309 g/mol. The smallest absolute Gasteiger partial charge is 0.0387 e. The van der Waals surface area contributed by atoms with E-state index in [1.165, 1.54) is 20.9 Å². The van der Waals surface area contributed by atoms with Gasteiger partial charge in [0.15, 0.2) is 0 Å². The molecule has 90 valence electrons. The topological polar surface area (TPSA) is 26.0 Å². The van der Waals surface area contributed by atoms with Gasteiger partial charge in [-0.15, -0.1) is 11.3 Å². The quantitative estimate of drug-likeness (QED) is 0.857. The molecule has 1 heterocycles. The third-order valence-corrected chi connectivity index (χ3v) is 4.63. The van der Waals surface area contributed by atoms with E-state index in [9.17, 15) is 0 Å². The molecule has 1 aromatic carbocycles. The lowest BCUT2D eigenvalue weighted by molar-refractivity contribution is 0.712. The summed E-state index contributed by atoms with van der Waals surface area (Å²) in [6, 6.07) is 10.9. The Balaban J connectivity index is 2.37. The molecule has 0 radical (unpaired) electrons. The van der Waals surface area contributed by atoms with Crippen molar-refractivity contribution in [1.29, 1.82) is 0 Å². The Morgan fingerprint density at radius 1 is 1.29 bits per heavy atom. The number of hydrogen-bond donors (Lipinski definition) is 1. The molecule has 1 nitrogen and oxygen atoms in total. The molecule has 0 fully saturated rings. The van der Waals surface area contributed by atoms with Crippen LogP contribution in [0.5, 0.6) is 0 Å². The van der Waals surface area contributed by atoms with Crippen molar-refractivity contribution in [2.24, 2.45) is 5.73 Å². The predicted octanol–water partition coefficient (Wildman–Crippen LogP) is 4.90. The highest BCUT2D eigenvalue weighted by Crippen LogP contribution is 2.34. The zero-order valence-corrected chi connectivity index (χ0v) is 12.4. The van der Waals surface area contributed by atoms with E-state index in [0.717, 1.165) is 10.9 Å². The van der Waals surface area contributed by atoms with Crippen LogP contribution in [-0.2, 0) is 0 Å². The number of aryl methyl sites for hydroxylation is 1. The van der Waals surface area contributed by atoms with Crippen molar-refractivity contribution < 1.29 is 0 Å². The normalized spacial score (nSPS) is 12.7. The first-order chi connectivity index (χ1) is 8.11. The van der Waals surface area contributed by atoms with E-state index in [0.29, 0.717) is 0 Å². The highest BCUT2D eigenvalue weighted by Gasteiger charge is 2.09. The van der Waals surface area contributed by atoms with E-state index in [4.69, 9.17) is 5.73 Å². The molecular weight excluding hydrogens is 294 g/mol. The molecule has 0 aliphatic heterocycles. The molecule has 1 unspecified atom stereocenters. The van der Waals surface area contributed by atoms with Gasteiger partial charge >= 0.3 is 0 Å². The molecule has 2 rings (SSSR count). The average molecular weight is 310 g/mol. The summed E-state index contributed by atoms with van der Waals surface area (Å²) in [6.45, 7) is 4.26. The Morgan fingerprint density at radius 3 is 2.71 bits per heavy atom. The van der Waals surface area contributed by atoms with Gasteiger partial charge in [0.1, 0.15) is 0 Å². The van der Waals surface area contributed by atoms with Gasteiger partial charge < -0.3 is 5.73 Å². The van der Waals surface area contributed by atoms with Crippen LogP contribution >= 0.6 is 27.3 Å². The van der Waals surface area contributed by atoms with E-state index in [2.05, 4.69) is 60.1 Å². The molecule has 0 amide bonds. The van der Waals surface area contributed by atoms with Crippen LogP contribution in [-0.4, -0.2) is 0 Å². The number of hydrogen-bond acceptors (Lipinski definition) is 2. The fourth-order valence-corrected chi connectivity index (χ4v) is 3.46. The summed E-state index contributed by atoms with van der Waals surface area (Å²) in [4.78, 5) is 2.57. The minimum atomic E-state index is 0.171. The highest BCUT2D eigenvalue weighted by molar-refractivity contribution is 9.10. The Kier molecular flexibility index (Phi) is 4.02. The molecule has 17 heavy (non-hydrogen) atoms. The van der Waals surface area contributed by atoms with Crippen molar-refractivity contribution in [2.75, 3.05) is 0 Å². The maximum atomic E-state index is 6.05. The minimum Gasteiger partial charge on any atom is -0.323 e. The standard InChI is InChI=1S/C14H16BrNS/c1-3-12(16)14-7-6-13(17-14)11-5-4-10(15)8-9(11)2/h4-8,12H,3,16H2,1-2H3. The van der Waals surface area contributed by atoms with Gasteiger partial charge in [-0.3, -0.25) is 0 Å². The average Bonchev–Trinajstić information content (AvgIpc) is 2.77. The third-order valence-electron chi connectivity index (χ3n) is 2.89. The summed E-state index contributed by atoms with van der Waals surface area (Å²) in [7, 11) is 0. The van der Waals surface area contributed by atoms with E-state index in [-0.39, 0.29) is 6.04 Å². The summed E-state index contributed by atoms with van der Waals surface area (Å²) in [5.74, 6) is 0. The Hall–Kier alpha value is -0.640. The second-order valence-electron chi connectivity index (χ2n) is 4.18. The second kappa shape index (κ2) is 5.34. The van der Waals surface area contributed by atoms with Crippen LogP contribution in [0.1, 0.15) is 29.8 Å². The summed E-state index contributed by atoms with van der Waals surface area (Å²) >= 11 is 5.29. The molecule has 0 spiro atoms. The third kappa shape index (κ3) is 2.79. The van der Waals surface area contributed by atoms with Gasteiger partial charge in [-0.25, -0.2) is 0 Å². The molecule has 0 saturated carbocycles. The fraction of sp³-hybridized carbons (Fsp3) is 0.286. The SMILES string of the molecule is CCC(N)c1ccc(-c2ccc(Br)cc2C)s1.